The molecule has 1 heterocycles. The fraction of sp³-hybridized carbons (Fsp3) is 0.480. The first-order valence-electron chi connectivity index (χ1n) is 10.7. The van der Waals surface area contributed by atoms with Gasteiger partial charge in [-0.3, -0.25) is 4.98 Å². The second-order valence-corrected chi connectivity index (χ2v) is 8.49. The molecule has 5 rings (SSSR count). The van der Waals surface area contributed by atoms with Gasteiger partial charge in [-0.1, -0.05) is 74.9 Å². The van der Waals surface area contributed by atoms with Crippen LogP contribution in [0.3, 0.4) is 0 Å². The maximum Gasteiger partial charge on any atom is 0.0786 e. The van der Waals surface area contributed by atoms with Gasteiger partial charge in [0.1, 0.15) is 0 Å². The largest absolute Gasteiger partial charge is 0.252 e. The van der Waals surface area contributed by atoms with Crippen LogP contribution in [0.25, 0.3) is 21.7 Å². The summed E-state index contributed by atoms with van der Waals surface area (Å²) in [5.41, 5.74) is 4.24. The summed E-state index contributed by atoms with van der Waals surface area (Å²) in [7, 11) is 0. The van der Waals surface area contributed by atoms with Crippen LogP contribution in [0.15, 0.2) is 42.5 Å². The van der Waals surface area contributed by atoms with E-state index in [1.165, 1.54) is 91.6 Å². The molecule has 0 radical (unpaired) electrons. The van der Waals surface area contributed by atoms with Gasteiger partial charge >= 0.3 is 0 Å². The Labute approximate surface area is 156 Å². The predicted octanol–water partition coefficient (Wildman–Crippen LogP) is 7.48. The SMILES string of the molecule is c1ccc2c(c1)ccc1c(C3CCCCC3)cc(C3CCCCC3)nc12. The van der Waals surface area contributed by atoms with Crippen LogP contribution in [0.1, 0.15) is 87.3 Å². The molecule has 134 valence electrons. The second-order valence-electron chi connectivity index (χ2n) is 8.49. The van der Waals surface area contributed by atoms with Crippen LogP contribution in [0.4, 0.5) is 0 Å². The number of fused-ring (bicyclic) bond motifs is 3. The fourth-order valence-electron chi connectivity index (χ4n) is 5.37. The van der Waals surface area contributed by atoms with E-state index in [2.05, 4.69) is 42.5 Å². The monoisotopic (exact) mass is 343 g/mol. The summed E-state index contributed by atoms with van der Waals surface area (Å²) in [5, 5.41) is 4.07. The van der Waals surface area contributed by atoms with E-state index in [1.54, 1.807) is 5.56 Å². The molecule has 0 bridgehead atoms. The third kappa shape index (κ3) is 2.92. The van der Waals surface area contributed by atoms with E-state index in [0.717, 1.165) is 5.92 Å². The number of nitrogens with zero attached hydrogens (tertiary/aromatic N) is 1. The first-order chi connectivity index (χ1) is 12.9. The molecule has 2 aromatic carbocycles. The summed E-state index contributed by atoms with van der Waals surface area (Å²) in [5.74, 6) is 1.41. The zero-order chi connectivity index (χ0) is 17.3. The molecule has 0 aliphatic heterocycles. The highest BCUT2D eigenvalue weighted by atomic mass is 14.7. The number of pyridine rings is 1. The van der Waals surface area contributed by atoms with Gasteiger partial charge in [-0.15, -0.1) is 0 Å². The van der Waals surface area contributed by atoms with Crippen molar-refractivity contribution in [2.75, 3.05) is 0 Å². The molecule has 2 saturated carbocycles. The molecule has 0 spiro atoms. The van der Waals surface area contributed by atoms with Gasteiger partial charge in [-0.05, 0) is 48.6 Å². The van der Waals surface area contributed by atoms with Crippen LogP contribution in [0.5, 0.6) is 0 Å². The van der Waals surface area contributed by atoms with Gasteiger partial charge in [0.25, 0.3) is 0 Å². The molecule has 0 N–H and O–H groups in total. The molecule has 0 amide bonds. The number of rotatable bonds is 2. The minimum absolute atomic E-state index is 0.675. The van der Waals surface area contributed by atoms with Crippen molar-refractivity contribution < 1.29 is 0 Å². The minimum atomic E-state index is 0.675. The standard InChI is InChI=1S/C25H29N/c1-3-9-18(10-4-1)23-17-24(20-12-5-2-6-13-20)26-25-21-14-8-7-11-19(21)15-16-22(23)25/h7-8,11,14-18,20H,1-6,9-10,12-13H2. The minimum Gasteiger partial charge on any atom is -0.252 e. The highest BCUT2D eigenvalue weighted by Gasteiger charge is 2.23. The lowest BCUT2D eigenvalue weighted by Crippen LogP contribution is -2.10. The average molecular weight is 344 g/mol. The third-order valence-corrected chi connectivity index (χ3v) is 6.82. The first kappa shape index (κ1) is 16.3. The van der Waals surface area contributed by atoms with Crippen LogP contribution in [0, 0.1) is 0 Å². The quantitative estimate of drug-likeness (QED) is 0.439. The molecule has 3 aromatic rings. The van der Waals surface area contributed by atoms with Crippen molar-refractivity contribution in [2.24, 2.45) is 0 Å². The van der Waals surface area contributed by atoms with Gasteiger partial charge in [0.15, 0.2) is 0 Å². The molecule has 0 atom stereocenters. The van der Waals surface area contributed by atoms with Crippen molar-refractivity contribution in [2.45, 2.75) is 76.0 Å². The Kier molecular flexibility index (Phi) is 4.40. The van der Waals surface area contributed by atoms with Crippen molar-refractivity contribution in [3.63, 3.8) is 0 Å². The zero-order valence-corrected chi connectivity index (χ0v) is 15.7. The molecule has 1 aromatic heterocycles. The maximum atomic E-state index is 5.28. The predicted molar refractivity (Wildman–Crippen MR) is 111 cm³/mol. The third-order valence-electron chi connectivity index (χ3n) is 6.82. The van der Waals surface area contributed by atoms with E-state index < -0.39 is 0 Å². The molecule has 1 heteroatoms. The van der Waals surface area contributed by atoms with Crippen molar-refractivity contribution in [3.05, 3.63) is 53.7 Å². The topological polar surface area (TPSA) is 12.9 Å². The molecule has 2 aliphatic rings. The molecule has 1 nitrogen and oxygen atoms in total. The van der Waals surface area contributed by atoms with E-state index in [4.69, 9.17) is 4.98 Å². The summed E-state index contributed by atoms with van der Waals surface area (Å²) >= 11 is 0. The van der Waals surface area contributed by atoms with E-state index >= 15 is 0 Å². The second kappa shape index (κ2) is 7.02. The summed E-state index contributed by atoms with van der Waals surface area (Å²) < 4.78 is 0. The zero-order valence-electron chi connectivity index (χ0n) is 15.7. The Morgan fingerprint density at radius 1 is 0.654 bits per heavy atom. The van der Waals surface area contributed by atoms with E-state index in [-0.39, 0.29) is 0 Å². The Morgan fingerprint density at radius 3 is 2.12 bits per heavy atom. The summed E-state index contributed by atoms with van der Waals surface area (Å²) in [4.78, 5) is 5.28. The Bertz CT molecular complexity index is 914. The van der Waals surface area contributed by atoms with Crippen LogP contribution in [-0.2, 0) is 0 Å². The molecular formula is C25H29N. The van der Waals surface area contributed by atoms with Crippen molar-refractivity contribution >= 4 is 21.7 Å². The average Bonchev–Trinajstić information content (AvgIpc) is 2.74. The molecule has 0 unspecified atom stereocenters. The molecule has 0 saturated heterocycles. The number of hydrogen-bond donors (Lipinski definition) is 0. The number of hydrogen-bond acceptors (Lipinski definition) is 1. The highest BCUT2D eigenvalue weighted by Crippen LogP contribution is 2.40. The summed E-state index contributed by atoms with van der Waals surface area (Å²) in [6.07, 6.45) is 13.7. The van der Waals surface area contributed by atoms with Crippen LogP contribution in [0.2, 0.25) is 0 Å². The van der Waals surface area contributed by atoms with Gasteiger partial charge in [0.2, 0.25) is 0 Å². The Balaban J connectivity index is 1.73. The van der Waals surface area contributed by atoms with Crippen molar-refractivity contribution in [1.82, 2.24) is 4.98 Å². The smallest absolute Gasteiger partial charge is 0.0786 e. The van der Waals surface area contributed by atoms with Gasteiger partial charge in [-0.25, -0.2) is 0 Å². The van der Waals surface area contributed by atoms with E-state index in [0.29, 0.717) is 5.92 Å². The lowest BCUT2D eigenvalue weighted by atomic mass is 9.80. The van der Waals surface area contributed by atoms with Crippen LogP contribution in [-0.4, -0.2) is 4.98 Å². The van der Waals surface area contributed by atoms with Crippen LogP contribution < -0.4 is 0 Å². The fourth-order valence-corrected chi connectivity index (χ4v) is 5.37. The number of benzene rings is 2. The van der Waals surface area contributed by atoms with Gasteiger partial charge < -0.3 is 0 Å². The van der Waals surface area contributed by atoms with Gasteiger partial charge in [0.05, 0.1) is 5.52 Å². The molecule has 2 fully saturated rings. The highest BCUT2D eigenvalue weighted by molar-refractivity contribution is 6.06. The van der Waals surface area contributed by atoms with E-state index in [1.807, 2.05) is 0 Å². The summed E-state index contributed by atoms with van der Waals surface area (Å²) in [6.45, 7) is 0. The van der Waals surface area contributed by atoms with E-state index in [9.17, 15) is 0 Å². The number of aromatic nitrogens is 1. The van der Waals surface area contributed by atoms with Crippen molar-refractivity contribution in [3.8, 4) is 0 Å². The summed E-state index contributed by atoms with van der Waals surface area (Å²) in [6, 6.07) is 16.0. The maximum absolute atomic E-state index is 5.28. The first-order valence-corrected chi connectivity index (χ1v) is 10.7. The normalized spacial score (nSPS) is 20.0. The lowest BCUT2D eigenvalue weighted by Gasteiger charge is -2.27. The van der Waals surface area contributed by atoms with Crippen molar-refractivity contribution in [1.29, 1.82) is 0 Å². The molecular weight excluding hydrogens is 314 g/mol. The van der Waals surface area contributed by atoms with Crippen LogP contribution >= 0.6 is 0 Å². The lowest BCUT2D eigenvalue weighted by molar-refractivity contribution is 0.432. The van der Waals surface area contributed by atoms with Gasteiger partial charge in [0, 0.05) is 22.4 Å². The molecule has 26 heavy (non-hydrogen) atoms. The Morgan fingerprint density at radius 2 is 1.35 bits per heavy atom. The molecule has 2 aliphatic carbocycles. The Hall–Kier alpha value is -1.89. The van der Waals surface area contributed by atoms with Gasteiger partial charge in [-0.2, -0.15) is 0 Å².